The van der Waals surface area contributed by atoms with Gasteiger partial charge in [-0.25, -0.2) is 4.98 Å². The SMILES string of the molecule is CCC1CCCC(C#N)(C(O)c2cncn2C)C1. The summed E-state index contributed by atoms with van der Waals surface area (Å²) in [7, 11) is 1.86. The number of rotatable bonds is 3. The van der Waals surface area contributed by atoms with E-state index in [9.17, 15) is 10.4 Å². The number of hydrogen-bond donors (Lipinski definition) is 1. The molecule has 1 N–H and O–H groups in total. The Labute approximate surface area is 108 Å². The largest absolute Gasteiger partial charge is 0.385 e. The molecule has 4 nitrogen and oxygen atoms in total. The van der Waals surface area contributed by atoms with Gasteiger partial charge in [0.25, 0.3) is 0 Å². The van der Waals surface area contributed by atoms with Crippen LogP contribution in [0.3, 0.4) is 0 Å². The fourth-order valence-electron chi connectivity index (χ4n) is 3.10. The molecule has 0 spiro atoms. The Morgan fingerprint density at radius 3 is 3.06 bits per heavy atom. The van der Waals surface area contributed by atoms with Gasteiger partial charge in [-0.2, -0.15) is 5.26 Å². The van der Waals surface area contributed by atoms with Gasteiger partial charge in [-0.05, 0) is 18.8 Å². The quantitative estimate of drug-likeness (QED) is 0.893. The third kappa shape index (κ3) is 2.15. The van der Waals surface area contributed by atoms with Gasteiger partial charge in [0.05, 0.1) is 29.7 Å². The normalized spacial score (nSPS) is 29.8. The van der Waals surface area contributed by atoms with Crippen molar-refractivity contribution in [2.75, 3.05) is 0 Å². The van der Waals surface area contributed by atoms with Gasteiger partial charge in [0.2, 0.25) is 0 Å². The maximum absolute atomic E-state index is 10.6. The molecular weight excluding hydrogens is 226 g/mol. The predicted molar refractivity (Wildman–Crippen MR) is 68.5 cm³/mol. The monoisotopic (exact) mass is 247 g/mol. The first-order chi connectivity index (χ1) is 8.63. The molecule has 0 radical (unpaired) electrons. The number of nitriles is 1. The van der Waals surface area contributed by atoms with Crippen molar-refractivity contribution < 1.29 is 5.11 Å². The van der Waals surface area contributed by atoms with Gasteiger partial charge in [0.15, 0.2) is 0 Å². The van der Waals surface area contributed by atoms with Crippen LogP contribution in [-0.2, 0) is 7.05 Å². The number of aliphatic hydroxyl groups is 1. The van der Waals surface area contributed by atoms with E-state index in [0.717, 1.165) is 31.4 Å². The molecule has 2 rings (SSSR count). The van der Waals surface area contributed by atoms with Crippen LogP contribution in [0.25, 0.3) is 0 Å². The Morgan fingerprint density at radius 2 is 2.50 bits per heavy atom. The molecule has 1 fully saturated rings. The minimum absolute atomic E-state index is 0.557. The summed E-state index contributed by atoms with van der Waals surface area (Å²) < 4.78 is 1.80. The highest BCUT2D eigenvalue weighted by molar-refractivity contribution is 5.15. The zero-order chi connectivity index (χ0) is 13.2. The molecule has 98 valence electrons. The average molecular weight is 247 g/mol. The lowest BCUT2D eigenvalue weighted by Crippen LogP contribution is -2.34. The molecule has 0 saturated heterocycles. The lowest BCUT2D eigenvalue weighted by atomic mass is 9.66. The van der Waals surface area contributed by atoms with E-state index in [-0.39, 0.29) is 0 Å². The van der Waals surface area contributed by atoms with Gasteiger partial charge in [-0.1, -0.05) is 26.2 Å². The summed E-state index contributed by atoms with van der Waals surface area (Å²) in [6, 6.07) is 2.41. The van der Waals surface area contributed by atoms with Crippen LogP contribution in [0.15, 0.2) is 12.5 Å². The second-order valence-electron chi connectivity index (χ2n) is 5.47. The summed E-state index contributed by atoms with van der Waals surface area (Å²) in [5.41, 5.74) is 0.112. The summed E-state index contributed by atoms with van der Waals surface area (Å²) in [6.45, 7) is 2.16. The predicted octanol–water partition coefficient (Wildman–Crippen LogP) is 2.56. The van der Waals surface area contributed by atoms with E-state index in [1.54, 1.807) is 17.1 Å². The van der Waals surface area contributed by atoms with Crippen molar-refractivity contribution in [3.05, 3.63) is 18.2 Å². The summed E-state index contributed by atoms with van der Waals surface area (Å²) >= 11 is 0. The number of nitrogens with zero attached hydrogens (tertiary/aromatic N) is 3. The van der Waals surface area contributed by atoms with Crippen molar-refractivity contribution in [3.63, 3.8) is 0 Å². The molecule has 0 aromatic carbocycles. The van der Waals surface area contributed by atoms with E-state index in [0.29, 0.717) is 5.92 Å². The van der Waals surface area contributed by atoms with Crippen LogP contribution in [0.2, 0.25) is 0 Å². The topological polar surface area (TPSA) is 61.8 Å². The van der Waals surface area contributed by atoms with Gasteiger partial charge in [-0.3, -0.25) is 0 Å². The van der Waals surface area contributed by atoms with Crippen LogP contribution in [-0.4, -0.2) is 14.7 Å². The zero-order valence-electron chi connectivity index (χ0n) is 11.1. The summed E-state index contributed by atoms with van der Waals surface area (Å²) in [4.78, 5) is 4.04. The maximum Gasteiger partial charge on any atom is 0.114 e. The molecule has 1 aliphatic carbocycles. The molecule has 1 aromatic rings. The highest BCUT2D eigenvalue weighted by atomic mass is 16.3. The Morgan fingerprint density at radius 1 is 1.72 bits per heavy atom. The number of hydrogen-bond acceptors (Lipinski definition) is 3. The van der Waals surface area contributed by atoms with Gasteiger partial charge in [0, 0.05) is 7.05 Å². The summed E-state index contributed by atoms with van der Waals surface area (Å²) in [5, 5.41) is 20.2. The molecule has 0 amide bonds. The second-order valence-corrected chi connectivity index (χ2v) is 5.47. The Kier molecular flexibility index (Phi) is 3.72. The fourth-order valence-corrected chi connectivity index (χ4v) is 3.10. The second kappa shape index (κ2) is 5.11. The molecule has 1 aromatic heterocycles. The minimum Gasteiger partial charge on any atom is -0.385 e. The van der Waals surface area contributed by atoms with Gasteiger partial charge in [0.1, 0.15) is 6.10 Å². The van der Waals surface area contributed by atoms with Gasteiger partial charge < -0.3 is 9.67 Å². The van der Waals surface area contributed by atoms with Crippen molar-refractivity contribution in [3.8, 4) is 6.07 Å². The summed E-state index contributed by atoms with van der Waals surface area (Å²) in [5.74, 6) is 0.557. The van der Waals surface area contributed by atoms with Gasteiger partial charge >= 0.3 is 0 Å². The van der Waals surface area contributed by atoms with E-state index in [2.05, 4.69) is 18.0 Å². The first-order valence-corrected chi connectivity index (χ1v) is 6.68. The first-order valence-electron chi connectivity index (χ1n) is 6.68. The Bertz CT molecular complexity index is 448. The van der Waals surface area contributed by atoms with Crippen LogP contribution < -0.4 is 0 Å². The summed E-state index contributed by atoms with van der Waals surface area (Å²) in [6.07, 6.45) is 7.48. The molecule has 1 heterocycles. The minimum atomic E-state index is -0.732. The lowest BCUT2D eigenvalue weighted by molar-refractivity contribution is 0.0139. The van der Waals surface area contributed by atoms with Crippen molar-refractivity contribution in [1.29, 1.82) is 5.26 Å². The van der Waals surface area contributed by atoms with Crippen LogP contribution in [0.5, 0.6) is 0 Å². The van der Waals surface area contributed by atoms with E-state index in [1.165, 1.54) is 6.42 Å². The molecule has 3 unspecified atom stereocenters. The molecular formula is C14H21N3O. The van der Waals surface area contributed by atoms with E-state index in [1.807, 2.05) is 7.05 Å². The fraction of sp³-hybridized carbons (Fsp3) is 0.714. The number of imidazole rings is 1. The smallest absolute Gasteiger partial charge is 0.114 e. The molecule has 3 atom stereocenters. The standard InChI is InChI=1S/C14H21N3O/c1-3-11-5-4-6-14(7-11,9-15)13(18)12-8-16-10-17(12)2/h8,10-11,13,18H,3-7H2,1-2H3. The Balaban J connectivity index is 2.27. The van der Waals surface area contributed by atoms with Crippen LogP contribution >= 0.6 is 0 Å². The van der Waals surface area contributed by atoms with Crippen LogP contribution in [0.4, 0.5) is 0 Å². The van der Waals surface area contributed by atoms with E-state index in [4.69, 9.17) is 0 Å². The average Bonchev–Trinajstić information content (AvgIpc) is 2.84. The van der Waals surface area contributed by atoms with Crippen LogP contribution in [0, 0.1) is 22.7 Å². The number of aryl methyl sites for hydroxylation is 1. The maximum atomic E-state index is 10.6. The number of aliphatic hydroxyl groups excluding tert-OH is 1. The van der Waals surface area contributed by atoms with E-state index >= 15 is 0 Å². The molecule has 0 aliphatic heterocycles. The van der Waals surface area contributed by atoms with Crippen molar-refractivity contribution in [2.45, 2.75) is 45.1 Å². The lowest BCUT2D eigenvalue weighted by Gasteiger charge is -2.38. The molecule has 1 aliphatic rings. The third-order valence-electron chi connectivity index (χ3n) is 4.35. The highest BCUT2D eigenvalue weighted by Gasteiger charge is 2.43. The van der Waals surface area contributed by atoms with Crippen molar-refractivity contribution in [1.82, 2.24) is 9.55 Å². The number of aromatic nitrogens is 2. The van der Waals surface area contributed by atoms with Crippen molar-refractivity contribution in [2.24, 2.45) is 18.4 Å². The van der Waals surface area contributed by atoms with Crippen molar-refractivity contribution >= 4 is 0 Å². The highest BCUT2D eigenvalue weighted by Crippen LogP contribution is 2.48. The molecule has 18 heavy (non-hydrogen) atoms. The zero-order valence-corrected chi connectivity index (χ0v) is 11.1. The molecule has 1 saturated carbocycles. The van der Waals surface area contributed by atoms with E-state index < -0.39 is 11.5 Å². The first kappa shape index (κ1) is 13.1. The van der Waals surface area contributed by atoms with Gasteiger partial charge in [-0.15, -0.1) is 0 Å². The van der Waals surface area contributed by atoms with Crippen LogP contribution in [0.1, 0.15) is 50.8 Å². The molecule has 0 bridgehead atoms. The molecule has 4 heteroatoms. The Hall–Kier alpha value is -1.34. The third-order valence-corrected chi connectivity index (χ3v) is 4.35.